The van der Waals surface area contributed by atoms with Crippen LogP contribution < -0.4 is 5.32 Å². The summed E-state index contributed by atoms with van der Waals surface area (Å²) < 4.78 is 5.57. The highest BCUT2D eigenvalue weighted by Crippen LogP contribution is 2.28. The first-order valence-electron chi connectivity index (χ1n) is 4.86. The van der Waals surface area contributed by atoms with Crippen LogP contribution in [0.5, 0.6) is 0 Å². The molecule has 0 aromatic carbocycles. The molecular weight excluding hydrogens is 196 g/mol. The lowest BCUT2D eigenvalue weighted by Gasteiger charge is -2.16. The van der Waals surface area contributed by atoms with Gasteiger partial charge in [-0.2, -0.15) is 0 Å². The van der Waals surface area contributed by atoms with Crippen LogP contribution in [0.2, 0.25) is 0 Å². The summed E-state index contributed by atoms with van der Waals surface area (Å²) in [5.41, 5.74) is 1.86. The first-order valence-corrected chi connectivity index (χ1v) is 5.74. The average molecular weight is 210 g/mol. The molecule has 76 valence electrons. The predicted octanol–water partition coefficient (Wildman–Crippen LogP) is 2.10. The third kappa shape index (κ3) is 1.96. The number of nitrogens with zero attached hydrogens (tertiary/aromatic N) is 1. The molecule has 1 N–H and O–H groups in total. The number of hydrogen-bond acceptors (Lipinski definition) is 4. The molecule has 1 aliphatic rings. The first-order chi connectivity index (χ1) is 6.92. The lowest BCUT2D eigenvalue weighted by atomic mass is 10.2. The Morgan fingerprint density at radius 3 is 3.21 bits per heavy atom. The molecule has 2 rings (SSSR count). The minimum atomic E-state index is 0.204. The SMILES string of the molecule is CCNC(C1=CCCO1)c1cncs1. The van der Waals surface area contributed by atoms with Gasteiger partial charge in [0.1, 0.15) is 11.8 Å². The molecule has 0 spiro atoms. The largest absolute Gasteiger partial charge is 0.496 e. The fraction of sp³-hybridized carbons (Fsp3) is 0.500. The van der Waals surface area contributed by atoms with Gasteiger partial charge in [-0.05, 0) is 12.6 Å². The van der Waals surface area contributed by atoms with E-state index in [0.717, 1.165) is 25.3 Å². The van der Waals surface area contributed by atoms with Gasteiger partial charge in [0.15, 0.2) is 0 Å². The quantitative estimate of drug-likeness (QED) is 0.826. The molecule has 2 heterocycles. The zero-order valence-corrected chi connectivity index (χ0v) is 9.01. The smallest absolute Gasteiger partial charge is 0.114 e. The summed E-state index contributed by atoms with van der Waals surface area (Å²) in [7, 11) is 0. The Hall–Kier alpha value is -0.870. The summed E-state index contributed by atoms with van der Waals surface area (Å²) in [5, 5.41) is 3.40. The highest BCUT2D eigenvalue weighted by Gasteiger charge is 2.20. The van der Waals surface area contributed by atoms with Crippen molar-refractivity contribution in [2.45, 2.75) is 19.4 Å². The Morgan fingerprint density at radius 2 is 2.64 bits per heavy atom. The zero-order chi connectivity index (χ0) is 9.80. The molecule has 14 heavy (non-hydrogen) atoms. The van der Waals surface area contributed by atoms with Gasteiger partial charge in [-0.15, -0.1) is 11.3 Å². The number of nitrogens with one attached hydrogen (secondary N) is 1. The maximum absolute atomic E-state index is 5.57. The molecule has 3 nitrogen and oxygen atoms in total. The summed E-state index contributed by atoms with van der Waals surface area (Å²) >= 11 is 1.66. The number of likely N-dealkylation sites (N-methyl/N-ethyl adjacent to an activating group) is 1. The van der Waals surface area contributed by atoms with Crippen LogP contribution in [-0.4, -0.2) is 18.1 Å². The molecule has 0 radical (unpaired) electrons. The average Bonchev–Trinajstić information content (AvgIpc) is 2.87. The Morgan fingerprint density at radius 1 is 1.71 bits per heavy atom. The Labute approximate surface area is 87.8 Å². The van der Waals surface area contributed by atoms with Crippen LogP contribution in [0, 0.1) is 0 Å². The lowest BCUT2D eigenvalue weighted by Crippen LogP contribution is -2.22. The van der Waals surface area contributed by atoms with E-state index >= 15 is 0 Å². The van der Waals surface area contributed by atoms with E-state index in [-0.39, 0.29) is 6.04 Å². The third-order valence-corrected chi connectivity index (χ3v) is 3.00. The van der Waals surface area contributed by atoms with Crippen molar-refractivity contribution < 1.29 is 4.74 Å². The van der Waals surface area contributed by atoms with Crippen molar-refractivity contribution in [3.8, 4) is 0 Å². The van der Waals surface area contributed by atoms with Gasteiger partial charge in [0.2, 0.25) is 0 Å². The number of aromatic nitrogens is 1. The van der Waals surface area contributed by atoms with Gasteiger partial charge in [0.25, 0.3) is 0 Å². The van der Waals surface area contributed by atoms with Crippen molar-refractivity contribution in [1.29, 1.82) is 0 Å². The van der Waals surface area contributed by atoms with Crippen LogP contribution >= 0.6 is 11.3 Å². The monoisotopic (exact) mass is 210 g/mol. The molecule has 1 aromatic heterocycles. The maximum Gasteiger partial charge on any atom is 0.114 e. The van der Waals surface area contributed by atoms with Crippen LogP contribution in [0.1, 0.15) is 24.3 Å². The van der Waals surface area contributed by atoms with Gasteiger partial charge < -0.3 is 10.1 Å². The first kappa shape index (κ1) is 9.68. The second-order valence-corrected chi connectivity index (χ2v) is 4.06. The molecule has 0 aliphatic carbocycles. The Balaban J connectivity index is 2.15. The highest BCUT2D eigenvalue weighted by molar-refractivity contribution is 7.09. The van der Waals surface area contributed by atoms with Gasteiger partial charge in [-0.25, -0.2) is 0 Å². The van der Waals surface area contributed by atoms with E-state index < -0.39 is 0 Å². The van der Waals surface area contributed by atoms with E-state index in [2.05, 4.69) is 23.3 Å². The Bertz CT molecular complexity index is 308. The maximum atomic E-state index is 5.57. The van der Waals surface area contributed by atoms with Gasteiger partial charge in [-0.3, -0.25) is 4.98 Å². The van der Waals surface area contributed by atoms with Gasteiger partial charge in [0.05, 0.1) is 12.1 Å². The molecular formula is C10H14N2OS. The molecule has 0 saturated heterocycles. The van der Waals surface area contributed by atoms with E-state index in [1.54, 1.807) is 11.3 Å². The van der Waals surface area contributed by atoms with Crippen LogP contribution in [-0.2, 0) is 4.74 Å². The molecule has 1 unspecified atom stereocenters. The van der Waals surface area contributed by atoms with Crippen LogP contribution in [0.4, 0.5) is 0 Å². The van der Waals surface area contributed by atoms with Gasteiger partial charge >= 0.3 is 0 Å². The van der Waals surface area contributed by atoms with Crippen molar-refractivity contribution >= 4 is 11.3 Å². The van der Waals surface area contributed by atoms with E-state index in [1.165, 1.54) is 4.88 Å². The van der Waals surface area contributed by atoms with Crippen molar-refractivity contribution in [3.05, 3.63) is 28.4 Å². The summed E-state index contributed by atoms with van der Waals surface area (Å²) in [6.07, 6.45) is 5.09. The standard InChI is InChI=1S/C10H14N2OS/c1-2-12-10(8-4-3-5-13-8)9-6-11-7-14-9/h4,6-7,10,12H,2-3,5H2,1H3. The highest BCUT2D eigenvalue weighted by atomic mass is 32.1. The topological polar surface area (TPSA) is 34.1 Å². The van der Waals surface area contributed by atoms with Crippen LogP contribution in [0.25, 0.3) is 0 Å². The molecule has 0 saturated carbocycles. The van der Waals surface area contributed by atoms with E-state index in [9.17, 15) is 0 Å². The minimum absolute atomic E-state index is 0.204. The summed E-state index contributed by atoms with van der Waals surface area (Å²) in [5.74, 6) is 1.05. The fourth-order valence-electron chi connectivity index (χ4n) is 1.55. The molecule has 0 amide bonds. The number of ether oxygens (including phenoxy) is 1. The van der Waals surface area contributed by atoms with Crippen molar-refractivity contribution in [2.24, 2.45) is 0 Å². The van der Waals surface area contributed by atoms with Crippen LogP contribution in [0.3, 0.4) is 0 Å². The number of rotatable bonds is 4. The summed E-state index contributed by atoms with van der Waals surface area (Å²) in [6, 6.07) is 0.204. The summed E-state index contributed by atoms with van der Waals surface area (Å²) in [4.78, 5) is 5.31. The fourth-order valence-corrected chi connectivity index (χ4v) is 2.25. The van der Waals surface area contributed by atoms with E-state index in [4.69, 9.17) is 4.74 Å². The molecule has 1 atom stereocenters. The van der Waals surface area contributed by atoms with E-state index in [1.807, 2.05) is 11.7 Å². The molecule has 1 aliphatic heterocycles. The molecule has 0 fully saturated rings. The van der Waals surface area contributed by atoms with Gasteiger partial charge in [0, 0.05) is 17.5 Å². The molecule has 4 heteroatoms. The van der Waals surface area contributed by atoms with E-state index in [0.29, 0.717) is 0 Å². The van der Waals surface area contributed by atoms with Crippen LogP contribution in [0.15, 0.2) is 23.5 Å². The normalized spacial score (nSPS) is 17.6. The van der Waals surface area contributed by atoms with Crippen molar-refractivity contribution in [3.63, 3.8) is 0 Å². The van der Waals surface area contributed by atoms with Gasteiger partial charge in [-0.1, -0.05) is 6.92 Å². The number of hydrogen-bond donors (Lipinski definition) is 1. The van der Waals surface area contributed by atoms with Crippen molar-refractivity contribution in [1.82, 2.24) is 10.3 Å². The third-order valence-electron chi connectivity index (χ3n) is 2.16. The zero-order valence-electron chi connectivity index (χ0n) is 8.19. The van der Waals surface area contributed by atoms with Crippen molar-refractivity contribution in [2.75, 3.05) is 13.2 Å². The second-order valence-electron chi connectivity index (χ2n) is 3.14. The Kier molecular flexibility index (Phi) is 3.16. The molecule has 1 aromatic rings. The number of thiazole rings is 1. The predicted molar refractivity (Wildman–Crippen MR) is 57.2 cm³/mol. The second kappa shape index (κ2) is 4.57. The summed E-state index contributed by atoms with van der Waals surface area (Å²) in [6.45, 7) is 3.85. The minimum Gasteiger partial charge on any atom is -0.496 e. The molecule has 0 bridgehead atoms. The lowest BCUT2D eigenvalue weighted by molar-refractivity contribution is 0.217.